The number of benzene rings is 2. The molecule has 0 spiro atoms. The van der Waals surface area contributed by atoms with Gasteiger partial charge in [0.25, 0.3) is 0 Å². The highest BCUT2D eigenvalue weighted by Gasteiger charge is 2.22. The Balaban J connectivity index is 0.000000704. The molecular weight excluding hydrogens is 330 g/mol. The zero-order valence-corrected chi connectivity index (χ0v) is 14.8. The van der Waals surface area contributed by atoms with Crippen molar-refractivity contribution in [2.75, 3.05) is 11.4 Å². The molecule has 1 aliphatic heterocycles. The molecule has 2 aromatic carbocycles. The summed E-state index contributed by atoms with van der Waals surface area (Å²) in [5.74, 6) is 0. The van der Waals surface area contributed by atoms with Crippen LogP contribution in [0.3, 0.4) is 0 Å². The molecular formula is C17H20BrNS. The number of halogens is 1. The van der Waals surface area contributed by atoms with Crippen LogP contribution in [0.2, 0.25) is 0 Å². The highest BCUT2D eigenvalue weighted by Crippen LogP contribution is 2.48. The molecule has 20 heavy (non-hydrogen) atoms. The van der Waals surface area contributed by atoms with E-state index in [9.17, 15) is 0 Å². The second kappa shape index (κ2) is 6.68. The van der Waals surface area contributed by atoms with E-state index in [2.05, 4.69) is 71.1 Å². The summed E-state index contributed by atoms with van der Waals surface area (Å²) in [7, 11) is 0. The van der Waals surface area contributed by atoms with E-state index in [1.807, 2.05) is 25.6 Å². The molecule has 1 nitrogen and oxygen atoms in total. The topological polar surface area (TPSA) is 3.24 Å². The van der Waals surface area contributed by atoms with E-state index in [0.29, 0.717) is 0 Å². The zero-order chi connectivity index (χ0) is 14.7. The first-order valence-electron chi connectivity index (χ1n) is 7.04. The molecule has 1 aliphatic rings. The fourth-order valence-electron chi connectivity index (χ4n) is 2.31. The molecule has 0 unspecified atom stereocenters. The van der Waals surface area contributed by atoms with Gasteiger partial charge in [0.2, 0.25) is 0 Å². The number of hydrogen-bond acceptors (Lipinski definition) is 2. The standard InChI is InChI=1S/C15H14BrNS.C2H6/c1-3-17-12-6-4-10(2)8-14(12)18-15-9-11(16)5-7-13(15)17;1-2/h4-9H,3H2,1-2H3;1-2H3. The van der Waals surface area contributed by atoms with Crippen LogP contribution in [0.25, 0.3) is 0 Å². The van der Waals surface area contributed by atoms with Crippen molar-refractivity contribution < 1.29 is 0 Å². The predicted octanol–water partition coefficient (Wildman–Crippen LogP) is 6.41. The number of nitrogens with zero attached hydrogens (tertiary/aromatic N) is 1. The maximum absolute atomic E-state index is 3.55. The number of anilines is 2. The Morgan fingerprint density at radius 2 is 1.60 bits per heavy atom. The Morgan fingerprint density at radius 3 is 2.25 bits per heavy atom. The summed E-state index contributed by atoms with van der Waals surface area (Å²) < 4.78 is 1.14. The molecule has 1 heterocycles. The Morgan fingerprint density at radius 1 is 1.00 bits per heavy atom. The first kappa shape index (κ1) is 15.5. The SMILES string of the molecule is CC.CCN1c2ccc(C)cc2Sc2cc(Br)ccc21. The molecule has 0 bridgehead atoms. The third-order valence-corrected chi connectivity index (χ3v) is 4.74. The van der Waals surface area contributed by atoms with E-state index in [1.165, 1.54) is 26.7 Å². The average Bonchev–Trinajstić information content (AvgIpc) is 2.46. The lowest BCUT2D eigenvalue weighted by atomic mass is 10.2. The number of fused-ring (bicyclic) bond motifs is 2. The zero-order valence-electron chi connectivity index (χ0n) is 12.4. The summed E-state index contributed by atoms with van der Waals surface area (Å²) in [5.41, 5.74) is 3.95. The third kappa shape index (κ3) is 2.89. The third-order valence-electron chi connectivity index (χ3n) is 3.15. The van der Waals surface area contributed by atoms with Gasteiger partial charge in [-0.05, 0) is 49.7 Å². The van der Waals surface area contributed by atoms with Gasteiger partial charge in [-0.15, -0.1) is 0 Å². The number of aryl methyl sites for hydroxylation is 1. The van der Waals surface area contributed by atoms with E-state index >= 15 is 0 Å². The fraction of sp³-hybridized carbons (Fsp3) is 0.294. The Bertz CT molecular complexity index is 558. The quantitative estimate of drug-likeness (QED) is 0.585. The van der Waals surface area contributed by atoms with Crippen molar-refractivity contribution in [3.05, 3.63) is 46.4 Å². The van der Waals surface area contributed by atoms with Crippen LogP contribution < -0.4 is 4.90 Å². The molecule has 0 aliphatic carbocycles. The predicted molar refractivity (Wildman–Crippen MR) is 93.5 cm³/mol. The van der Waals surface area contributed by atoms with Crippen LogP contribution in [0.15, 0.2) is 50.7 Å². The van der Waals surface area contributed by atoms with Crippen LogP contribution in [0.1, 0.15) is 26.3 Å². The highest BCUT2D eigenvalue weighted by atomic mass is 79.9. The van der Waals surface area contributed by atoms with Crippen molar-refractivity contribution in [1.29, 1.82) is 0 Å². The van der Waals surface area contributed by atoms with Gasteiger partial charge in [0.15, 0.2) is 0 Å². The Labute approximate surface area is 134 Å². The van der Waals surface area contributed by atoms with Crippen molar-refractivity contribution in [3.63, 3.8) is 0 Å². The molecule has 106 valence electrons. The lowest BCUT2D eigenvalue weighted by Crippen LogP contribution is -2.19. The van der Waals surface area contributed by atoms with Gasteiger partial charge < -0.3 is 4.90 Å². The second-order valence-corrected chi connectivity index (χ2v) is 6.43. The lowest BCUT2D eigenvalue weighted by Gasteiger charge is -2.32. The van der Waals surface area contributed by atoms with Crippen molar-refractivity contribution in [2.45, 2.75) is 37.5 Å². The maximum Gasteiger partial charge on any atom is 0.0553 e. The fourth-order valence-corrected chi connectivity index (χ4v) is 4.05. The lowest BCUT2D eigenvalue weighted by molar-refractivity contribution is 0.977. The smallest absolute Gasteiger partial charge is 0.0553 e. The van der Waals surface area contributed by atoms with Crippen molar-refractivity contribution >= 4 is 39.1 Å². The average molecular weight is 350 g/mol. The summed E-state index contributed by atoms with van der Waals surface area (Å²) in [4.78, 5) is 5.05. The second-order valence-electron chi connectivity index (χ2n) is 4.43. The van der Waals surface area contributed by atoms with Gasteiger partial charge in [-0.1, -0.05) is 47.6 Å². The normalized spacial score (nSPS) is 12.2. The van der Waals surface area contributed by atoms with Crippen molar-refractivity contribution in [1.82, 2.24) is 0 Å². The van der Waals surface area contributed by atoms with E-state index in [-0.39, 0.29) is 0 Å². The van der Waals surface area contributed by atoms with E-state index in [0.717, 1.165) is 11.0 Å². The van der Waals surface area contributed by atoms with Gasteiger partial charge in [-0.3, -0.25) is 0 Å². The Hall–Kier alpha value is -0.930. The Kier molecular flexibility index (Phi) is 5.17. The van der Waals surface area contributed by atoms with Crippen LogP contribution in [0, 0.1) is 6.92 Å². The van der Waals surface area contributed by atoms with Gasteiger partial charge >= 0.3 is 0 Å². The number of hydrogen-bond donors (Lipinski definition) is 0. The van der Waals surface area contributed by atoms with Crippen LogP contribution in [-0.4, -0.2) is 6.54 Å². The number of rotatable bonds is 1. The molecule has 0 aromatic heterocycles. The molecule has 2 aromatic rings. The minimum atomic E-state index is 0.991. The van der Waals surface area contributed by atoms with Gasteiger partial charge in [0.05, 0.1) is 11.4 Å². The maximum atomic E-state index is 3.55. The summed E-state index contributed by atoms with van der Waals surface area (Å²) in [6.07, 6.45) is 0. The monoisotopic (exact) mass is 349 g/mol. The van der Waals surface area contributed by atoms with E-state index in [4.69, 9.17) is 0 Å². The summed E-state index contributed by atoms with van der Waals surface area (Å²) in [6.45, 7) is 9.34. The molecule has 0 atom stereocenters. The largest absolute Gasteiger partial charge is 0.340 e. The first-order chi connectivity index (χ1) is 9.69. The van der Waals surface area contributed by atoms with Crippen LogP contribution in [0.5, 0.6) is 0 Å². The molecule has 3 heteroatoms. The van der Waals surface area contributed by atoms with Crippen LogP contribution >= 0.6 is 27.7 Å². The minimum absolute atomic E-state index is 0.991. The van der Waals surface area contributed by atoms with Crippen molar-refractivity contribution in [2.24, 2.45) is 0 Å². The molecule has 0 radical (unpaired) electrons. The minimum Gasteiger partial charge on any atom is -0.340 e. The van der Waals surface area contributed by atoms with Gasteiger partial charge in [-0.25, -0.2) is 0 Å². The highest BCUT2D eigenvalue weighted by molar-refractivity contribution is 9.10. The summed E-state index contributed by atoms with van der Waals surface area (Å²) >= 11 is 5.41. The van der Waals surface area contributed by atoms with Crippen LogP contribution in [0.4, 0.5) is 11.4 Å². The molecule has 0 fully saturated rings. The molecule has 0 saturated carbocycles. The molecule has 3 rings (SSSR count). The van der Waals surface area contributed by atoms with Gasteiger partial charge in [-0.2, -0.15) is 0 Å². The van der Waals surface area contributed by atoms with E-state index in [1.54, 1.807) is 0 Å². The first-order valence-corrected chi connectivity index (χ1v) is 8.65. The van der Waals surface area contributed by atoms with Crippen LogP contribution in [-0.2, 0) is 0 Å². The van der Waals surface area contributed by atoms with Gasteiger partial charge in [0, 0.05) is 20.8 Å². The van der Waals surface area contributed by atoms with E-state index < -0.39 is 0 Å². The van der Waals surface area contributed by atoms with Crippen molar-refractivity contribution in [3.8, 4) is 0 Å². The molecule has 0 N–H and O–H groups in total. The van der Waals surface area contributed by atoms with Gasteiger partial charge in [0.1, 0.15) is 0 Å². The molecule has 0 amide bonds. The summed E-state index contributed by atoms with van der Waals surface area (Å²) in [5, 5.41) is 0. The summed E-state index contributed by atoms with van der Waals surface area (Å²) in [6, 6.07) is 13.2. The molecule has 0 saturated heterocycles.